The van der Waals surface area contributed by atoms with E-state index in [9.17, 15) is 0 Å². The zero-order valence-electron chi connectivity index (χ0n) is 5.00. The van der Waals surface area contributed by atoms with Crippen LogP contribution in [0.25, 0.3) is 11.2 Å². The molecule has 0 spiro atoms. The Morgan fingerprint density at radius 3 is 3.10 bits per heavy atom. The Balaban J connectivity index is 2.92. The highest BCUT2D eigenvalue weighted by Crippen LogP contribution is 2.20. The molecule has 0 aliphatic rings. The largest absolute Gasteiger partial charge is 0.459 e. The lowest BCUT2D eigenvalue weighted by Crippen LogP contribution is -1.60. The summed E-state index contributed by atoms with van der Waals surface area (Å²) in [5.74, 6) is 0. The third-order valence-corrected chi connectivity index (χ3v) is 1.30. The predicted octanol–water partition coefficient (Wildman–Crippen LogP) is 1.90. The molecule has 0 N–H and O–H groups in total. The molecule has 0 unspecified atom stereocenters. The molecule has 0 aliphatic heterocycles. The molecule has 0 radical (unpaired) electrons. The third-order valence-electron chi connectivity index (χ3n) is 1.30. The number of nitrogens with zero attached hydrogens (tertiary/aromatic N) is 1. The first kappa shape index (κ1) is 5.12. The molecule has 10 heavy (non-hydrogen) atoms. The molecular weight excluding hydrogens is 130 g/mol. The highest BCUT2D eigenvalue weighted by atomic mass is 16.4. The van der Waals surface area contributed by atoms with Gasteiger partial charge in [-0.1, -0.05) is 0 Å². The van der Waals surface area contributed by atoms with Crippen molar-refractivity contribution in [2.45, 2.75) is 0 Å². The van der Waals surface area contributed by atoms with Crippen LogP contribution in [0.1, 0.15) is 5.56 Å². The van der Waals surface area contributed by atoms with Crippen LogP contribution < -0.4 is 0 Å². The monoisotopic (exact) mass is 133 g/mol. The summed E-state index contributed by atoms with van der Waals surface area (Å²) in [4.78, 5) is 0. The molecule has 2 aromatic heterocycles. The van der Waals surface area contributed by atoms with Gasteiger partial charge < -0.3 is 8.83 Å². The minimum Gasteiger partial charge on any atom is -0.459 e. The van der Waals surface area contributed by atoms with E-state index in [0.717, 1.165) is 0 Å². The average molecular weight is 133 g/mol. The van der Waals surface area contributed by atoms with E-state index < -0.39 is 0 Å². The lowest BCUT2D eigenvalue weighted by atomic mass is 10.3. The van der Waals surface area contributed by atoms with Gasteiger partial charge in [0.15, 0.2) is 11.2 Å². The standard InChI is InChI=1S/C7H3NO2/c8-3-5-4-10-6-1-2-9-7(5)6/h1-2,4H. The fourth-order valence-corrected chi connectivity index (χ4v) is 0.840. The number of furan rings is 2. The van der Waals surface area contributed by atoms with Crippen molar-refractivity contribution in [3.8, 4) is 6.07 Å². The molecule has 2 rings (SSSR count). The molecule has 3 heteroatoms. The van der Waals surface area contributed by atoms with E-state index in [0.29, 0.717) is 16.7 Å². The number of rotatable bonds is 0. The Morgan fingerprint density at radius 2 is 2.30 bits per heavy atom. The Bertz CT molecular complexity index is 391. The van der Waals surface area contributed by atoms with Crippen LogP contribution in [0.5, 0.6) is 0 Å². The summed E-state index contributed by atoms with van der Waals surface area (Å²) in [6.45, 7) is 0. The molecule has 48 valence electrons. The Morgan fingerprint density at radius 1 is 1.40 bits per heavy atom. The first-order chi connectivity index (χ1) is 4.92. The lowest BCUT2D eigenvalue weighted by molar-refractivity contribution is 0.609. The number of hydrogen-bond acceptors (Lipinski definition) is 3. The van der Waals surface area contributed by atoms with Crippen LogP contribution in [-0.2, 0) is 0 Å². The van der Waals surface area contributed by atoms with Crippen molar-refractivity contribution in [2.24, 2.45) is 0 Å². The molecule has 0 amide bonds. The van der Waals surface area contributed by atoms with Crippen molar-refractivity contribution in [1.29, 1.82) is 5.26 Å². The van der Waals surface area contributed by atoms with E-state index in [1.54, 1.807) is 6.07 Å². The van der Waals surface area contributed by atoms with Crippen LogP contribution in [-0.4, -0.2) is 0 Å². The van der Waals surface area contributed by atoms with Gasteiger partial charge in [0.25, 0.3) is 0 Å². The summed E-state index contributed by atoms with van der Waals surface area (Å²) in [7, 11) is 0. The van der Waals surface area contributed by atoms with Crippen molar-refractivity contribution in [2.75, 3.05) is 0 Å². The van der Waals surface area contributed by atoms with Crippen molar-refractivity contribution in [3.63, 3.8) is 0 Å². The minimum atomic E-state index is 0.444. The zero-order chi connectivity index (χ0) is 6.97. The van der Waals surface area contributed by atoms with E-state index in [2.05, 4.69) is 0 Å². The normalized spacial score (nSPS) is 9.90. The van der Waals surface area contributed by atoms with Gasteiger partial charge >= 0.3 is 0 Å². The lowest BCUT2D eigenvalue weighted by Gasteiger charge is -1.71. The van der Waals surface area contributed by atoms with Gasteiger partial charge in [0.1, 0.15) is 17.9 Å². The first-order valence-corrected chi connectivity index (χ1v) is 2.76. The second-order valence-electron chi connectivity index (χ2n) is 1.88. The average Bonchev–Trinajstić information content (AvgIpc) is 2.44. The number of nitriles is 1. The summed E-state index contributed by atoms with van der Waals surface area (Å²) in [6.07, 6.45) is 2.88. The Labute approximate surface area is 56.5 Å². The van der Waals surface area contributed by atoms with E-state index in [4.69, 9.17) is 14.1 Å². The molecule has 0 fully saturated rings. The van der Waals surface area contributed by atoms with Gasteiger partial charge in [-0.2, -0.15) is 5.26 Å². The highest BCUT2D eigenvalue weighted by molar-refractivity contribution is 5.77. The van der Waals surface area contributed by atoms with Gasteiger partial charge in [-0.05, 0) is 0 Å². The summed E-state index contributed by atoms with van der Waals surface area (Å²) in [5, 5.41) is 8.47. The van der Waals surface area contributed by atoms with Gasteiger partial charge in [-0.15, -0.1) is 0 Å². The van der Waals surface area contributed by atoms with E-state index in [1.807, 2.05) is 6.07 Å². The summed E-state index contributed by atoms with van der Waals surface area (Å²) in [5.41, 5.74) is 1.60. The highest BCUT2D eigenvalue weighted by Gasteiger charge is 2.06. The van der Waals surface area contributed by atoms with E-state index >= 15 is 0 Å². The van der Waals surface area contributed by atoms with E-state index in [1.165, 1.54) is 12.5 Å². The fourth-order valence-electron chi connectivity index (χ4n) is 0.840. The van der Waals surface area contributed by atoms with Gasteiger partial charge in [-0.25, -0.2) is 0 Å². The summed E-state index contributed by atoms with van der Waals surface area (Å²) in [6, 6.07) is 3.63. The maximum atomic E-state index is 8.47. The van der Waals surface area contributed by atoms with Gasteiger partial charge in [0, 0.05) is 6.07 Å². The molecule has 0 saturated carbocycles. The molecule has 0 aliphatic carbocycles. The fraction of sp³-hybridized carbons (Fsp3) is 0. The SMILES string of the molecule is N#Cc1coc2ccoc12. The molecule has 2 aromatic rings. The van der Waals surface area contributed by atoms with Gasteiger partial charge in [0.05, 0.1) is 6.26 Å². The number of fused-ring (bicyclic) bond motifs is 1. The van der Waals surface area contributed by atoms with Crippen LogP contribution >= 0.6 is 0 Å². The second kappa shape index (κ2) is 1.64. The quantitative estimate of drug-likeness (QED) is 0.551. The summed E-state index contributed by atoms with van der Waals surface area (Å²) < 4.78 is 9.93. The topological polar surface area (TPSA) is 50.1 Å². The molecule has 3 nitrogen and oxygen atoms in total. The van der Waals surface area contributed by atoms with Gasteiger partial charge in [-0.3, -0.25) is 0 Å². The van der Waals surface area contributed by atoms with Gasteiger partial charge in [0.2, 0.25) is 0 Å². The number of hydrogen-bond donors (Lipinski definition) is 0. The van der Waals surface area contributed by atoms with Crippen LogP contribution in [0, 0.1) is 11.3 Å². The smallest absolute Gasteiger partial charge is 0.190 e. The zero-order valence-corrected chi connectivity index (χ0v) is 5.00. The molecule has 0 atom stereocenters. The Kier molecular flexibility index (Phi) is 0.842. The molecule has 0 aromatic carbocycles. The third kappa shape index (κ3) is 0.477. The predicted molar refractivity (Wildman–Crippen MR) is 33.2 cm³/mol. The van der Waals surface area contributed by atoms with Crippen LogP contribution in [0.15, 0.2) is 27.4 Å². The maximum absolute atomic E-state index is 8.47. The second-order valence-corrected chi connectivity index (χ2v) is 1.88. The molecule has 2 heterocycles. The van der Waals surface area contributed by atoms with Crippen molar-refractivity contribution in [3.05, 3.63) is 24.2 Å². The molecular formula is C7H3NO2. The first-order valence-electron chi connectivity index (χ1n) is 2.76. The summed E-state index contributed by atoms with van der Waals surface area (Å²) >= 11 is 0. The van der Waals surface area contributed by atoms with Crippen molar-refractivity contribution in [1.82, 2.24) is 0 Å². The van der Waals surface area contributed by atoms with Crippen LogP contribution in [0.4, 0.5) is 0 Å². The van der Waals surface area contributed by atoms with E-state index in [-0.39, 0.29) is 0 Å². The van der Waals surface area contributed by atoms with Crippen molar-refractivity contribution < 1.29 is 8.83 Å². The molecule has 0 bridgehead atoms. The van der Waals surface area contributed by atoms with Crippen molar-refractivity contribution >= 4 is 11.2 Å². The molecule has 0 saturated heterocycles. The Hall–Kier alpha value is -1.69. The van der Waals surface area contributed by atoms with Crippen LogP contribution in [0.3, 0.4) is 0 Å². The maximum Gasteiger partial charge on any atom is 0.190 e. The minimum absolute atomic E-state index is 0.444. The van der Waals surface area contributed by atoms with Crippen LogP contribution in [0.2, 0.25) is 0 Å².